The predicted molar refractivity (Wildman–Crippen MR) is 151 cm³/mol. The number of aromatic nitrogens is 4. The second-order valence-corrected chi connectivity index (χ2v) is 9.38. The monoisotopic (exact) mass is 520 g/mol. The molecule has 1 aliphatic rings. The van der Waals surface area contributed by atoms with Gasteiger partial charge in [-0.2, -0.15) is 5.10 Å². The number of fused-ring (bicyclic) bond motifs is 2. The Morgan fingerprint density at radius 1 is 1.00 bits per heavy atom. The van der Waals surface area contributed by atoms with Crippen LogP contribution in [0.4, 0.5) is 17.2 Å². The number of hydrogen-bond acceptors (Lipinski definition) is 7. The molecular formula is C30H28N6O3. The third-order valence-electron chi connectivity index (χ3n) is 7.14. The molecule has 1 N–H and O–H groups in total. The third kappa shape index (κ3) is 4.52. The van der Waals surface area contributed by atoms with Crippen LogP contribution in [0.1, 0.15) is 11.3 Å². The van der Waals surface area contributed by atoms with Gasteiger partial charge in [0.1, 0.15) is 12.1 Å². The van der Waals surface area contributed by atoms with Crippen LogP contribution in [0.3, 0.4) is 0 Å². The smallest absolute Gasteiger partial charge is 0.233 e. The molecule has 5 aromatic rings. The first-order valence-electron chi connectivity index (χ1n) is 12.7. The van der Waals surface area contributed by atoms with E-state index in [1.165, 1.54) is 6.33 Å². The van der Waals surface area contributed by atoms with Crippen molar-refractivity contribution in [2.24, 2.45) is 7.05 Å². The van der Waals surface area contributed by atoms with Crippen LogP contribution in [0.2, 0.25) is 0 Å². The fourth-order valence-corrected chi connectivity index (χ4v) is 5.13. The summed E-state index contributed by atoms with van der Waals surface area (Å²) in [7, 11) is 5.08. The van der Waals surface area contributed by atoms with Crippen molar-refractivity contribution in [2.75, 3.05) is 31.0 Å². The van der Waals surface area contributed by atoms with Gasteiger partial charge in [-0.25, -0.2) is 9.97 Å². The van der Waals surface area contributed by atoms with Gasteiger partial charge in [0.2, 0.25) is 5.91 Å². The molecule has 0 bridgehead atoms. The van der Waals surface area contributed by atoms with Gasteiger partial charge in [0.25, 0.3) is 0 Å². The molecule has 3 heterocycles. The van der Waals surface area contributed by atoms with E-state index >= 15 is 0 Å². The number of amides is 1. The second kappa shape index (κ2) is 10.1. The van der Waals surface area contributed by atoms with Crippen molar-refractivity contribution in [3.05, 3.63) is 84.4 Å². The Bertz CT molecular complexity index is 1680. The number of nitrogens with zero attached hydrogens (tertiary/aromatic N) is 5. The highest BCUT2D eigenvalue weighted by molar-refractivity contribution is 5.98. The lowest BCUT2D eigenvalue weighted by Crippen LogP contribution is -2.31. The topological polar surface area (TPSA) is 94.4 Å². The third-order valence-corrected chi connectivity index (χ3v) is 7.14. The molecular weight excluding hydrogens is 492 g/mol. The quantitative estimate of drug-likeness (QED) is 0.325. The Labute approximate surface area is 226 Å². The summed E-state index contributed by atoms with van der Waals surface area (Å²) in [4.78, 5) is 24.2. The number of hydrogen-bond donors (Lipinski definition) is 1. The van der Waals surface area contributed by atoms with Crippen molar-refractivity contribution in [1.82, 2.24) is 19.7 Å². The van der Waals surface area contributed by atoms with E-state index in [0.29, 0.717) is 23.9 Å². The first-order chi connectivity index (χ1) is 19.1. The van der Waals surface area contributed by atoms with Crippen LogP contribution in [-0.4, -0.2) is 46.4 Å². The molecule has 1 aliphatic heterocycles. The van der Waals surface area contributed by atoms with Gasteiger partial charge in [-0.3, -0.25) is 9.48 Å². The summed E-state index contributed by atoms with van der Waals surface area (Å²) >= 11 is 0. The Morgan fingerprint density at radius 2 is 1.79 bits per heavy atom. The molecule has 0 saturated heterocycles. The highest BCUT2D eigenvalue weighted by Crippen LogP contribution is 2.36. The average molecular weight is 521 g/mol. The summed E-state index contributed by atoms with van der Waals surface area (Å²) in [5.41, 5.74) is 6.62. The fraction of sp³-hybridized carbons (Fsp3) is 0.200. The normalized spacial score (nSPS) is 12.4. The first-order valence-corrected chi connectivity index (χ1v) is 12.7. The van der Waals surface area contributed by atoms with Crippen molar-refractivity contribution in [1.29, 1.82) is 0 Å². The Hall–Kier alpha value is -4.92. The van der Waals surface area contributed by atoms with Crippen LogP contribution < -0.4 is 19.7 Å². The lowest BCUT2D eigenvalue weighted by Gasteiger charge is -2.18. The lowest BCUT2D eigenvalue weighted by atomic mass is 10.0. The molecule has 0 spiro atoms. The van der Waals surface area contributed by atoms with Crippen molar-refractivity contribution in [3.8, 4) is 22.6 Å². The van der Waals surface area contributed by atoms with Gasteiger partial charge in [0.05, 0.1) is 38.0 Å². The van der Waals surface area contributed by atoms with Gasteiger partial charge in [0.15, 0.2) is 11.5 Å². The van der Waals surface area contributed by atoms with E-state index in [1.54, 1.807) is 18.9 Å². The van der Waals surface area contributed by atoms with Crippen molar-refractivity contribution >= 4 is 34.0 Å². The summed E-state index contributed by atoms with van der Waals surface area (Å²) in [5, 5.41) is 8.66. The number of anilines is 3. The molecule has 0 aliphatic carbocycles. The summed E-state index contributed by atoms with van der Waals surface area (Å²) < 4.78 is 12.7. The summed E-state index contributed by atoms with van der Waals surface area (Å²) in [5.74, 6) is 1.93. The molecule has 2 aromatic heterocycles. The molecule has 9 heteroatoms. The summed E-state index contributed by atoms with van der Waals surface area (Å²) in [6.07, 6.45) is 4.41. The zero-order valence-electron chi connectivity index (χ0n) is 22.0. The Morgan fingerprint density at radius 3 is 2.59 bits per heavy atom. The summed E-state index contributed by atoms with van der Waals surface area (Å²) in [6.45, 7) is 0.642. The molecule has 3 aromatic carbocycles. The zero-order valence-corrected chi connectivity index (χ0v) is 22.0. The van der Waals surface area contributed by atoms with Gasteiger partial charge >= 0.3 is 0 Å². The van der Waals surface area contributed by atoms with E-state index < -0.39 is 0 Å². The minimum Gasteiger partial charge on any atom is -0.493 e. The molecule has 39 heavy (non-hydrogen) atoms. The van der Waals surface area contributed by atoms with Gasteiger partial charge in [-0.15, -0.1) is 0 Å². The van der Waals surface area contributed by atoms with Crippen molar-refractivity contribution in [2.45, 2.75) is 12.8 Å². The minimum absolute atomic E-state index is 0.0538. The van der Waals surface area contributed by atoms with Gasteiger partial charge in [-0.1, -0.05) is 30.3 Å². The van der Waals surface area contributed by atoms with E-state index in [4.69, 9.17) is 9.47 Å². The minimum atomic E-state index is 0.0538. The SMILES string of the molecule is COc1cc2ncnc(Nc3ccc4c(c3)CCN4C(=O)Cc3c(-c4ccccc4)cnn3C)c2cc1OC. The largest absolute Gasteiger partial charge is 0.493 e. The van der Waals surface area contributed by atoms with E-state index in [0.717, 1.165) is 51.1 Å². The molecule has 9 nitrogen and oxygen atoms in total. The van der Waals surface area contributed by atoms with Crippen LogP contribution in [0.15, 0.2) is 73.2 Å². The highest BCUT2D eigenvalue weighted by atomic mass is 16.5. The number of carbonyl (C=O) groups excluding carboxylic acids is 1. The molecule has 0 fully saturated rings. The Balaban J connectivity index is 1.24. The fourth-order valence-electron chi connectivity index (χ4n) is 5.13. The average Bonchev–Trinajstić information content (AvgIpc) is 3.56. The van der Waals surface area contributed by atoms with Gasteiger partial charge < -0.3 is 19.7 Å². The van der Waals surface area contributed by atoms with E-state index in [1.807, 2.05) is 72.7 Å². The second-order valence-electron chi connectivity index (χ2n) is 9.38. The maximum Gasteiger partial charge on any atom is 0.233 e. The van der Waals surface area contributed by atoms with Crippen LogP contribution in [0.25, 0.3) is 22.0 Å². The van der Waals surface area contributed by atoms with Gasteiger partial charge in [-0.05, 0) is 41.8 Å². The van der Waals surface area contributed by atoms with Crippen LogP contribution in [0, 0.1) is 0 Å². The van der Waals surface area contributed by atoms with Crippen LogP contribution in [0.5, 0.6) is 11.5 Å². The molecule has 6 rings (SSSR count). The summed E-state index contributed by atoms with van der Waals surface area (Å²) in [6, 6.07) is 19.8. The van der Waals surface area contributed by atoms with Crippen molar-refractivity contribution < 1.29 is 14.3 Å². The van der Waals surface area contributed by atoms with Crippen molar-refractivity contribution in [3.63, 3.8) is 0 Å². The van der Waals surface area contributed by atoms with Crippen LogP contribution in [-0.2, 0) is 24.7 Å². The van der Waals surface area contributed by atoms with Gasteiger partial charge in [0, 0.05) is 42.0 Å². The zero-order chi connectivity index (χ0) is 26.9. The first kappa shape index (κ1) is 24.4. The van der Waals surface area contributed by atoms with E-state index in [9.17, 15) is 4.79 Å². The standard InChI is InChI=1S/C30H28N6O3/c1-35-26(23(17-33-35)19-7-5-4-6-8-19)16-29(37)36-12-11-20-13-21(9-10-25(20)36)34-30-22-14-27(38-2)28(39-3)15-24(22)31-18-32-30/h4-10,13-15,17-18H,11-12,16H2,1-3H3,(H,31,32,34). The Kier molecular flexibility index (Phi) is 6.32. The maximum atomic E-state index is 13.5. The molecule has 0 unspecified atom stereocenters. The number of ether oxygens (including phenoxy) is 2. The number of aryl methyl sites for hydroxylation is 1. The maximum absolute atomic E-state index is 13.5. The number of methoxy groups -OCH3 is 2. The lowest BCUT2D eigenvalue weighted by molar-refractivity contribution is -0.118. The predicted octanol–water partition coefficient (Wildman–Crippen LogP) is 4.92. The number of rotatable bonds is 7. The molecule has 1 amide bonds. The molecule has 0 radical (unpaired) electrons. The number of nitrogens with one attached hydrogen (secondary N) is 1. The molecule has 196 valence electrons. The molecule has 0 atom stereocenters. The number of carbonyl (C=O) groups is 1. The van der Waals surface area contributed by atoms with E-state index in [-0.39, 0.29) is 12.3 Å². The van der Waals surface area contributed by atoms with Crippen LogP contribution >= 0.6 is 0 Å². The van der Waals surface area contributed by atoms with E-state index in [2.05, 4.69) is 26.4 Å². The highest BCUT2D eigenvalue weighted by Gasteiger charge is 2.27. The molecule has 0 saturated carbocycles. The number of benzene rings is 3.